The Kier molecular flexibility index (Phi) is 5.63. The monoisotopic (exact) mass is 388 g/mol. The number of carboxylic acids is 1. The van der Waals surface area contributed by atoms with Gasteiger partial charge in [0.15, 0.2) is 0 Å². The lowest BCUT2D eigenvalue weighted by atomic mass is 9.74. The molecule has 3 aromatic rings. The second-order valence-corrected chi connectivity index (χ2v) is 7.38. The van der Waals surface area contributed by atoms with Gasteiger partial charge in [-0.15, -0.1) is 0 Å². The number of aliphatic carboxylic acids is 1. The van der Waals surface area contributed by atoms with Gasteiger partial charge in [-0.3, -0.25) is 4.79 Å². The molecule has 0 saturated carbocycles. The highest BCUT2D eigenvalue weighted by Crippen LogP contribution is 2.36. The first-order chi connectivity index (χ1) is 14.2. The topological polar surface area (TPSA) is 55.8 Å². The molecule has 29 heavy (non-hydrogen) atoms. The van der Waals surface area contributed by atoms with Crippen molar-refractivity contribution in [2.75, 3.05) is 13.2 Å². The van der Waals surface area contributed by atoms with Gasteiger partial charge in [-0.25, -0.2) is 0 Å². The molecule has 0 aromatic heterocycles. The molecule has 4 heteroatoms. The highest BCUT2D eigenvalue weighted by atomic mass is 16.5. The number of benzene rings is 3. The second kappa shape index (κ2) is 8.50. The van der Waals surface area contributed by atoms with Gasteiger partial charge in [0.25, 0.3) is 0 Å². The molecule has 0 atom stereocenters. The molecule has 1 saturated heterocycles. The Morgan fingerprint density at radius 2 is 1.45 bits per heavy atom. The summed E-state index contributed by atoms with van der Waals surface area (Å²) in [5.74, 6) is 0.0507. The largest absolute Gasteiger partial charge is 0.489 e. The van der Waals surface area contributed by atoms with Crippen molar-refractivity contribution in [3.05, 3.63) is 90.0 Å². The molecule has 0 aliphatic carbocycles. The first-order valence-electron chi connectivity index (χ1n) is 9.86. The molecule has 1 aliphatic heterocycles. The lowest BCUT2D eigenvalue weighted by Crippen LogP contribution is -2.41. The van der Waals surface area contributed by atoms with Gasteiger partial charge < -0.3 is 14.6 Å². The molecule has 148 valence electrons. The van der Waals surface area contributed by atoms with Crippen molar-refractivity contribution in [2.45, 2.75) is 24.9 Å². The molecule has 4 rings (SSSR count). The third-order valence-electron chi connectivity index (χ3n) is 5.63. The van der Waals surface area contributed by atoms with Crippen molar-refractivity contribution in [3.63, 3.8) is 0 Å². The quantitative estimate of drug-likeness (QED) is 0.641. The highest BCUT2D eigenvalue weighted by molar-refractivity contribution is 5.82. The molecule has 4 nitrogen and oxygen atoms in total. The van der Waals surface area contributed by atoms with Crippen LogP contribution in [0.25, 0.3) is 11.1 Å². The number of ether oxygens (including phenoxy) is 2. The highest BCUT2D eigenvalue weighted by Gasteiger charge is 2.41. The SMILES string of the molecule is O=C(O)C1(c2ccc(-c3ccc(OCc4ccccc4)cc3)cc2)CCOCC1. The van der Waals surface area contributed by atoms with Crippen LogP contribution in [0.15, 0.2) is 78.9 Å². The van der Waals surface area contributed by atoms with E-state index in [1.807, 2.05) is 78.9 Å². The van der Waals surface area contributed by atoms with Crippen LogP contribution in [0.2, 0.25) is 0 Å². The lowest BCUT2D eigenvalue weighted by Gasteiger charge is -2.33. The summed E-state index contributed by atoms with van der Waals surface area (Å²) in [5.41, 5.74) is 3.26. The average Bonchev–Trinajstić information content (AvgIpc) is 2.79. The van der Waals surface area contributed by atoms with Gasteiger partial charge in [-0.2, -0.15) is 0 Å². The van der Waals surface area contributed by atoms with Crippen LogP contribution < -0.4 is 4.74 Å². The molecule has 3 aromatic carbocycles. The van der Waals surface area contributed by atoms with Crippen LogP contribution >= 0.6 is 0 Å². The Morgan fingerprint density at radius 1 is 0.862 bits per heavy atom. The predicted molar refractivity (Wildman–Crippen MR) is 112 cm³/mol. The Labute approximate surface area is 170 Å². The Balaban J connectivity index is 1.47. The summed E-state index contributed by atoms with van der Waals surface area (Å²) in [7, 11) is 0. The van der Waals surface area contributed by atoms with E-state index in [4.69, 9.17) is 9.47 Å². The molecule has 0 amide bonds. The number of hydrogen-bond donors (Lipinski definition) is 1. The zero-order valence-electron chi connectivity index (χ0n) is 16.2. The van der Waals surface area contributed by atoms with Gasteiger partial charge in [-0.1, -0.05) is 66.7 Å². The molecule has 0 bridgehead atoms. The summed E-state index contributed by atoms with van der Waals surface area (Å²) in [5, 5.41) is 9.82. The molecular formula is C25H24O4. The first-order valence-corrected chi connectivity index (χ1v) is 9.86. The minimum Gasteiger partial charge on any atom is -0.489 e. The average molecular weight is 388 g/mol. The van der Waals surface area contributed by atoms with E-state index in [0.717, 1.165) is 28.0 Å². The molecule has 1 heterocycles. The van der Waals surface area contributed by atoms with E-state index in [0.29, 0.717) is 32.7 Å². The number of carbonyl (C=O) groups is 1. The van der Waals surface area contributed by atoms with Gasteiger partial charge in [0, 0.05) is 13.2 Å². The van der Waals surface area contributed by atoms with Crippen molar-refractivity contribution >= 4 is 5.97 Å². The number of rotatable bonds is 6. The van der Waals surface area contributed by atoms with E-state index in [2.05, 4.69) is 0 Å². The molecule has 0 radical (unpaired) electrons. The van der Waals surface area contributed by atoms with Gasteiger partial charge >= 0.3 is 5.97 Å². The third kappa shape index (κ3) is 4.17. The molecular weight excluding hydrogens is 364 g/mol. The van der Waals surface area contributed by atoms with Crippen molar-refractivity contribution < 1.29 is 19.4 Å². The molecule has 0 spiro atoms. The summed E-state index contributed by atoms with van der Waals surface area (Å²) in [6.45, 7) is 1.51. The van der Waals surface area contributed by atoms with Gasteiger partial charge in [-0.05, 0) is 47.2 Å². The van der Waals surface area contributed by atoms with E-state index in [-0.39, 0.29) is 0 Å². The maximum Gasteiger partial charge on any atom is 0.314 e. The Bertz CT molecular complexity index is 940. The second-order valence-electron chi connectivity index (χ2n) is 7.38. The lowest BCUT2D eigenvalue weighted by molar-refractivity contribution is -0.147. The van der Waals surface area contributed by atoms with Crippen LogP contribution in [0.3, 0.4) is 0 Å². The summed E-state index contributed by atoms with van der Waals surface area (Å²) >= 11 is 0. The minimum absolute atomic E-state index is 0.485. The van der Waals surface area contributed by atoms with E-state index in [1.54, 1.807) is 0 Å². The van der Waals surface area contributed by atoms with Gasteiger partial charge in [0.05, 0.1) is 5.41 Å². The Morgan fingerprint density at radius 3 is 2.03 bits per heavy atom. The van der Waals surface area contributed by atoms with Crippen LogP contribution in [-0.4, -0.2) is 24.3 Å². The van der Waals surface area contributed by atoms with Crippen LogP contribution in [0.1, 0.15) is 24.0 Å². The van der Waals surface area contributed by atoms with Crippen LogP contribution in [0.5, 0.6) is 5.75 Å². The summed E-state index contributed by atoms with van der Waals surface area (Å²) in [4.78, 5) is 12.0. The molecule has 1 aliphatic rings. The smallest absolute Gasteiger partial charge is 0.314 e. The first kappa shape index (κ1) is 19.2. The van der Waals surface area contributed by atoms with E-state index in [1.165, 1.54) is 0 Å². The van der Waals surface area contributed by atoms with Crippen LogP contribution in [0.4, 0.5) is 0 Å². The fraction of sp³-hybridized carbons (Fsp3) is 0.240. The number of carboxylic acid groups (broad SMARTS) is 1. The van der Waals surface area contributed by atoms with Crippen molar-refractivity contribution in [2.24, 2.45) is 0 Å². The maximum absolute atomic E-state index is 12.0. The summed E-state index contributed by atoms with van der Waals surface area (Å²) in [6.07, 6.45) is 1.02. The van der Waals surface area contributed by atoms with E-state index < -0.39 is 11.4 Å². The summed E-state index contributed by atoms with van der Waals surface area (Å²) in [6, 6.07) is 25.9. The van der Waals surface area contributed by atoms with Gasteiger partial charge in [0.2, 0.25) is 0 Å². The Hall–Kier alpha value is -3.11. The molecule has 0 unspecified atom stereocenters. The molecule has 1 fully saturated rings. The third-order valence-corrected chi connectivity index (χ3v) is 5.63. The standard InChI is InChI=1S/C25H24O4/c26-24(27)25(14-16-28-17-15-25)22-10-6-20(7-11-22)21-8-12-23(13-9-21)29-18-19-4-2-1-3-5-19/h1-13H,14-18H2,(H,26,27). The maximum atomic E-state index is 12.0. The van der Waals surface area contributed by atoms with Crippen LogP contribution in [0, 0.1) is 0 Å². The fourth-order valence-electron chi connectivity index (χ4n) is 3.81. The fourth-order valence-corrected chi connectivity index (χ4v) is 3.81. The van der Waals surface area contributed by atoms with Crippen molar-refractivity contribution in [3.8, 4) is 16.9 Å². The van der Waals surface area contributed by atoms with E-state index in [9.17, 15) is 9.90 Å². The van der Waals surface area contributed by atoms with Crippen LogP contribution in [-0.2, 0) is 21.6 Å². The normalized spacial score (nSPS) is 15.6. The van der Waals surface area contributed by atoms with Gasteiger partial charge in [0.1, 0.15) is 12.4 Å². The zero-order chi connectivity index (χ0) is 20.1. The number of hydrogen-bond acceptors (Lipinski definition) is 3. The van der Waals surface area contributed by atoms with Crippen molar-refractivity contribution in [1.82, 2.24) is 0 Å². The zero-order valence-corrected chi connectivity index (χ0v) is 16.2. The molecule has 1 N–H and O–H groups in total. The summed E-state index contributed by atoms with van der Waals surface area (Å²) < 4.78 is 11.2. The minimum atomic E-state index is -0.841. The predicted octanol–water partition coefficient (Wildman–Crippen LogP) is 5.07. The van der Waals surface area contributed by atoms with E-state index >= 15 is 0 Å². The van der Waals surface area contributed by atoms with Crippen molar-refractivity contribution in [1.29, 1.82) is 0 Å².